The van der Waals surface area contributed by atoms with Crippen LogP contribution in [0.4, 0.5) is 0 Å². The minimum absolute atomic E-state index is 0.322. The predicted octanol–water partition coefficient (Wildman–Crippen LogP) is 3.25. The van der Waals surface area contributed by atoms with Crippen molar-refractivity contribution in [3.63, 3.8) is 0 Å². The molecule has 1 aromatic rings. The van der Waals surface area contributed by atoms with Gasteiger partial charge in [0.2, 0.25) is 6.79 Å². The summed E-state index contributed by atoms with van der Waals surface area (Å²) in [7, 11) is 0. The summed E-state index contributed by atoms with van der Waals surface area (Å²) in [5, 5.41) is 0. The highest BCUT2D eigenvalue weighted by Gasteiger charge is 2.11. The number of hydrogen-bond donors (Lipinski definition) is 0. The van der Waals surface area contributed by atoms with Crippen LogP contribution in [-0.2, 0) is 4.74 Å². The zero-order valence-corrected chi connectivity index (χ0v) is 10.1. The first kappa shape index (κ1) is 12.0. The van der Waals surface area contributed by atoms with E-state index in [9.17, 15) is 0 Å². The van der Waals surface area contributed by atoms with Crippen molar-refractivity contribution in [2.75, 3.05) is 20.0 Å². The van der Waals surface area contributed by atoms with Crippen LogP contribution in [0.5, 0.6) is 11.5 Å². The Hall–Kier alpha value is -1.48. The normalized spacial score (nSPS) is 13.5. The lowest BCUT2D eigenvalue weighted by Gasteiger charge is -1.99. The summed E-state index contributed by atoms with van der Waals surface area (Å²) >= 11 is 0. The van der Waals surface area contributed by atoms with E-state index in [1.54, 1.807) is 0 Å². The fourth-order valence-electron chi connectivity index (χ4n) is 1.60. The average molecular weight is 234 g/mol. The van der Waals surface area contributed by atoms with E-state index < -0.39 is 0 Å². The van der Waals surface area contributed by atoms with Gasteiger partial charge in [-0.1, -0.05) is 31.6 Å². The van der Waals surface area contributed by atoms with E-state index in [4.69, 9.17) is 14.2 Å². The smallest absolute Gasteiger partial charge is 0.231 e. The minimum atomic E-state index is 0.322. The summed E-state index contributed by atoms with van der Waals surface area (Å²) in [5.41, 5.74) is 1.10. The van der Waals surface area contributed by atoms with E-state index in [1.165, 1.54) is 6.42 Å². The molecule has 0 fully saturated rings. The van der Waals surface area contributed by atoms with Crippen LogP contribution in [0.15, 0.2) is 24.3 Å². The third kappa shape index (κ3) is 3.49. The zero-order chi connectivity index (χ0) is 11.9. The molecular formula is C14H18O3. The summed E-state index contributed by atoms with van der Waals surface area (Å²) < 4.78 is 16.0. The van der Waals surface area contributed by atoms with E-state index >= 15 is 0 Å². The Labute approximate surface area is 102 Å². The molecule has 0 unspecified atom stereocenters. The van der Waals surface area contributed by atoms with Crippen LogP contribution in [0, 0.1) is 0 Å². The molecule has 0 N–H and O–H groups in total. The van der Waals surface area contributed by atoms with Gasteiger partial charge in [-0.05, 0) is 24.1 Å². The second-order valence-electron chi connectivity index (χ2n) is 3.94. The molecule has 1 aliphatic heterocycles. The third-order valence-electron chi connectivity index (χ3n) is 2.56. The lowest BCUT2D eigenvalue weighted by Crippen LogP contribution is -1.93. The van der Waals surface area contributed by atoms with Gasteiger partial charge >= 0.3 is 0 Å². The maximum Gasteiger partial charge on any atom is 0.231 e. The second-order valence-corrected chi connectivity index (χ2v) is 3.94. The maximum atomic E-state index is 5.45. The predicted molar refractivity (Wildman–Crippen MR) is 67.3 cm³/mol. The van der Waals surface area contributed by atoms with Crippen LogP contribution < -0.4 is 9.47 Å². The number of rotatable bonds is 6. The summed E-state index contributed by atoms with van der Waals surface area (Å²) in [5.74, 6) is 1.64. The van der Waals surface area contributed by atoms with Crippen molar-refractivity contribution >= 4 is 6.08 Å². The van der Waals surface area contributed by atoms with Crippen LogP contribution in [0.25, 0.3) is 6.08 Å². The average Bonchev–Trinajstić information content (AvgIpc) is 2.81. The molecule has 0 spiro atoms. The molecule has 0 bridgehead atoms. The van der Waals surface area contributed by atoms with Crippen LogP contribution >= 0.6 is 0 Å². The monoisotopic (exact) mass is 234 g/mol. The summed E-state index contributed by atoms with van der Waals surface area (Å²) in [4.78, 5) is 0. The number of ether oxygens (including phenoxy) is 3. The molecule has 0 aliphatic carbocycles. The van der Waals surface area contributed by atoms with E-state index in [2.05, 4.69) is 6.92 Å². The number of fused-ring (bicyclic) bond motifs is 1. The number of hydrogen-bond acceptors (Lipinski definition) is 3. The molecule has 1 aliphatic rings. The fraction of sp³-hybridized carbons (Fsp3) is 0.429. The Morgan fingerprint density at radius 1 is 1.29 bits per heavy atom. The molecule has 0 atom stereocenters. The van der Waals surface area contributed by atoms with Gasteiger partial charge in [-0.3, -0.25) is 0 Å². The Morgan fingerprint density at radius 2 is 2.18 bits per heavy atom. The highest BCUT2D eigenvalue weighted by atomic mass is 16.7. The van der Waals surface area contributed by atoms with Crippen molar-refractivity contribution < 1.29 is 14.2 Å². The van der Waals surface area contributed by atoms with Crippen molar-refractivity contribution in [2.45, 2.75) is 19.8 Å². The Bertz CT molecular complexity index is 385. The zero-order valence-electron chi connectivity index (χ0n) is 10.1. The van der Waals surface area contributed by atoms with Crippen LogP contribution in [0.3, 0.4) is 0 Å². The quantitative estimate of drug-likeness (QED) is 0.707. The second kappa shape index (κ2) is 6.30. The van der Waals surface area contributed by atoms with Crippen molar-refractivity contribution in [1.82, 2.24) is 0 Å². The molecule has 3 nitrogen and oxygen atoms in total. The van der Waals surface area contributed by atoms with Gasteiger partial charge in [-0.25, -0.2) is 0 Å². The van der Waals surface area contributed by atoms with Crippen LogP contribution in [0.2, 0.25) is 0 Å². The summed E-state index contributed by atoms with van der Waals surface area (Å²) in [6, 6.07) is 5.92. The Balaban J connectivity index is 1.80. The van der Waals surface area contributed by atoms with Crippen molar-refractivity contribution in [1.29, 1.82) is 0 Å². The van der Waals surface area contributed by atoms with Gasteiger partial charge in [0.15, 0.2) is 11.5 Å². The summed E-state index contributed by atoms with van der Waals surface area (Å²) in [6.07, 6.45) is 6.35. The molecule has 17 heavy (non-hydrogen) atoms. The van der Waals surface area contributed by atoms with E-state index in [0.29, 0.717) is 13.4 Å². The van der Waals surface area contributed by atoms with Crippen LogP contribution in [0.1, 0.15) is 25.3 Å². The molecule has 0 radical (unpaired) electrons. The van der Waals surface area contributed by atoms with Gasteiger partial charge in [0.05, 0.1) is 6.61 Å². The first-order chi connectivity index (χ1) is 8.40. The van der Waals surface area contributed by atoms with Crippen LogP contribution in [-0.4, -0.2) is 20.0 Å². The standard InChI is InChI=1S/C14H18O3/c1-2-3-8-15-9-4-5-12-6-7-13-14(10-12)17-11-16-13/h4-7,10H,2-3,8-9,11H2,1H3. The first-order valence-corrected chi connectivity index (χ1v) is 6.04. The maximum absolute atomic E-state index is 5.45. The highest BCUT2D eigenvalue weighted by molar-refractivity contribution is 5.56. The number of unbranched alkanes of at least 4 members (excludes halogenated alkanes) is 1. The van der Waals surface area contributed by atoms with Crippen molar-refractivity contribution in [2.24, 2.45) is 0 Å². The highest BCUT2D eigenvalue weighted by Crippen LogP contribution is 2.32. The lowest BCUT2D eigenvalue weighted by atomic mass is 10.2. The lowest BCUT2D eigenvalue weighted by molar-refractivity contribution is 0.159. The molecule has 1 heterocycles. The molecule has 92 valence electrons. The summed E-state index contributed by atoms with van der Waals surface area (Å²) in [6.45, 7) is 3.98. The molecule has 0 saturated carbocycles. The molecule has 2 rings (SSSR count). The van der Waals surface area contributed by atoms with Crippen molar-refractivity contribution in [3.8, 4) is 11.5 Å². The van der Waals surface area contributed by atoms with Gasteiger partial charge in [0.1, 0.15) is 0 Å². The Kier molecular flexibility index (Phi) is 4.45. The molecular weight excluding hydrogens is 216 g/mol. The largest absolute Gasteiger partial charge is 0.454 e. The first-order valence-electron chi connectivity index (χ1n) is 6.04. The minimum Gasteiger partial charge on any atom is -0.454 e. The number of benzene rings is 1. The topological polar surface area (TPSA) is 27.7 Å². The molecule has 0 amide bonds. The van der Waals surface area contributed by atoms with Gasteiger partial charge in [-0.2, -0.15) is 0 Å². The van der Waals surface area contributed by atoms with E-state index in [-0.39, 0.29) is 0 Å². The van der Waals surface area contributed by atoms with Gasteiger partial charge in [0, 0.05) is 6.61 Å². The molecule has 3 heteroatoms. The molecule has 1 aromatic carbocycles. The molecule has 0 aromatic heterocycles. The molecule has 0 saturated heterocycles. The SMILES string of the molecule is CCCCOCC=Cc1ccc2c(c1)OCO2. The van der Waals surface area contributed by atoms with Crippen molar-refractivity contribution in [3.05, 3.63) is 29.8 Å². The van der Waals surface area contributed by atoms with Gasteiger partial charge in [0.25, 0.3) is 0 Å². The van der Waals surface area contributed by atoms with Gasteiger partial charge < -0.3 is 14.2 Å². The fourth-order valence-corrected chi connectivity index (χ4v) is 1.60. The third-order valence-corrected chi connectivity index (χ3v) is 2.56. The van der Waals surface area contributed by atoms with E-state index in [0.717, 1.165) is 30.1 Å². The van der Waals surface area contributed by atoms with E-state index in [1.807, 2.05) is 30.4 Å². The van der Waals surface area contributed by atoms with Gasteiger partial charge in [-0.15, -0.1) is 0 Å². The Morgan fingerprint density at radius 3 is 3.06 bits per heavy atom.